The third-order valence-electron chi connectivity index (χ3n) is 8.60. The minimum atomic E-state index is 0.0169. The number of hydrogen-bond acceptors (Lipinski definition) is 4. The maximum atomic E-state index is 13.4. The van der Waals surface area contributed by atoms with E-state index in [0.717, 1.165) is 55.5 Å². The van der Waals surface area contributed by atoms with Crippen LogP contribution in [0.5, 0.6) is 5.88 Å². The topological polar surface area (TPSA) is 73.5 Å². The first kappa shape index (κ1) is 25.0. The van der Waals surface area contributed by atoms with Crippen molar-refractivity contribution in [1.29, 1.82) is 0 Å². The molecule has 0 bridgehead atoms. The zero-order valence-electron chi connectivity index (χ0n) is 21.8. The van der Waals surface area contributed by atoms with Gasteiger partial charge in [-0.2, -0.15) is 10.2 Å². The number of hydrogen-bond donors (Lipinski definition) is 0. The van der Waals surface area contributed by atoms with Crippen molar-refractivity contribution < 1.29 is 9.90 Å². The van der Waals surface area contributed by atoms with Gasteiger partial charge < -0.3 is 5.11 Å². The number of amides is 1. The lowest BCUT2D eigenvalue weighted by Gasteiger charge is -2.27. The predicted octanol–water partition coefficient (Wildman–Crippen LogP) is 6.38. The summed E-state index contributed by atoms with van der Waals surface area (Å²) in [6.45, 7) is 1.91. The summed E-state index contributed by atoms with van der Waals surface area (Å²) in [6.07, 6.45) is 27.0. The Bertz CT molecular complexity index is 1050. The molecule has 3 aliphatic carbocycles. The van der Waals surface area contributed by atoms with Crippen LogP contribution in [0, 0.1) is 12.8 Å². The molecule has 0 atom stereocenters. The molecule has 194 valence electrons. The van der Waals surface area contributed by atoms with Crippen LogP contribution in [0.3, 0.4) is 0 Å². The van der Waals surface area contributed by atoms with E-state index in [-0.39, 0.29) is 23.9 Å². The van der Waals surface area contributed by atoms with Crippen molar-refractivity contribution in [2.24, 2.45) is 11.0 Å². The zero-order valence-corrected chi connectivity index (χ0v) is 21.8. The van der Waals surface area contributed by atoms with Crippen LogP contribution in [0.25, 0.3) is 6.08 Å². The van der Waals surface area contributed by atoms with Crippen LogP contribution >= 0.6 is 0 Å². The van der Waals surface area contributed by atoms with Crippen molar-refractivity contribution in [3.05, 3.63) is 41.1 Å². The van der Waals surface area contributed by atoms with Gasteiger partial charge in [-0.15, -0.1) is 0 Å². The maximum absolute atomic E-state index is 13.4. The van der Waals surface area contributed by atoms with E-state index in [0.29, 0.717) is 11.5 Å². The van der Waals surface area contributed by atoms with E-state index in [1.807, 2.05) is 42.3 Å². The fourth-order valence-electron chi connectivity index (χ4n) is 6.53. The molecule has 1 aromatic heterocycles. The van der Waals surface area contributed by atoms with Gasteiger partial charge in [-0.25, -0.2) is 5.01 Å². The molecular formula is C30H41N4O2-. The second kappa shape index (κ2) is 11.6. The van der Waals surface area contributed by atoms with E-state index < -0.39 is 0 Å². The fraction of sp³-hybridized carbons (Fsp3) is 0.633. The number of rotatable bonds is 6. The Hall–Kier alpha value is -2.63. The van der Waals surface area contributed by atoms with Crippen molar-refractivity contribution >= 4 is 17.7 Å². The molecule has 0 spiro atoms. The number of nitrogens with zero attached hydrogens (tertiary/aromatic N) is 4. The summed E-state index contributed by atoms with van der Waals surface area (Å²) in [5.74, 6) is 0.480. The lowest BCUT2D eigenvalue weighted by Crippen LogP contribution is -2.35. The molecule has 1 aliphatic heterocycles. The molecule has 0 N–H and O–H groups in total. The molecule has 6 nitrogen and oxygen atoms in total. The van der Waals surface area contributed by atoms with Crippen LogP contribution in [0.2, 0.25) is 0 Å². The Morgan fingerprint density at radius 3 is 2.08 bits per heavy atom. The minimum Gasteiger partial charge on any atom is -0.858 e. The molecule has 0 unspecified atom stereocenters. The quantitative estimate of drug-likeness (QED) is 0.344. The summed E-state index contributed by atoms with van der Waals surface area (Å²) in [5, 5.41) is 24.3. The molecule has 2 heterocycles. The molecular weight excluding hydrogens is 448 g/mol. The molecule has 0 radical (unpaired) electrons. The molecule has 0 saturated heterocycles. The van der Waals surface area contributed by atoms with Crippen LogP contribution in [-0.4, -0.2) is 32.5 Å². The SMILES string of the molecule is Cc1nn(C2CCCCC2)c([O-])c1C=CC=C/C=C1\C(=O)N(C2CCCCC2)N=C1C1CCCCC1. The lowest BCUT2D eigenvalue weighted by molar-refractivity contribution is -0.281. The Balaban J connectivity index is 1.31. The molecule has 3 saturated carbocycles. The van der Waals surface area contributed by atoms with Crippen molar-refractivity contribution in [3.63, 3.8) is 0 Å². The van der Waals surface area contributed by atoms with Gasteiger partial charge in [0.15, 0.2) is 0 Å². The van der Waals surface area contributed by atoms with Crippen LogP contribution in [0.15, 0.2) is 35.0 Å². The lowest BCUT2D eigenvalue weighted by atomic mass is 9.83. The molecule has 1 aromatic rings. The number of carbonyl (C=O) groups is 1. The highest BCUT2D eigenvalue weighted by Crippen LogP contribution is 2.35. The largest absolute Gasteiger partial charge is 0.858 e. The average molecular weight is 490 g/mol. The first-order valence-electron chi connectivity index (χ1n) is 14.4. The highest BCUT2D eigenvalue weighted by molar-refractivity contribution is 6.25. The monoisotopic (exact) mass is 489 g/mol. The van der Waals surface area contributed by atoms with Crippen LogP contribution in [-0.2, 0) is 4.79 Å². The van der Waals surface area contributed by atoms with Gasteiger partial charge in [0.2, 0.25) is 0 Å². The van der Waals surface area contributed by atoms with Crippen molar-refractivity contribution in [3.8, 4) is 5.88 Å². The highest BCUT2D eigenvalue weighted by atomic mass is 16.3. The summed E-state index contributed by atoms with van der Waals surface area (Å²) >= 11 is 0. The van der Waals surface area contributed by atoms with Crippen molar-refractivity contribution in [1.82, 2.24) is 14.8 Å². The Morgan fingerprint density at radius 2 is 1.42 bits per heavy atom. The van der Waals surface area contributed by atoms with Crippen LogP contribution in [0.4, 0.5) is 0 Å². The van der Waals surface area contributed by atoms with Gasteiger partial charge in [0.25, 0.3) is 5.91 Å². The van der Waals surface area contributed by atoms with Crippen molar-refractivity contribution in [2.75, 3.05) is 0 Å². The number of allylic oxidation sites excluding steroid dienone is 4. The predicted molar refractivity (Wildman–Crippen MR) is 143 cm³/mol. The standard InChI is InChI=1S/C30H42N4O2/c1-22-26(29(35)33(31-22)24-16-8-3-9-17-24)20-12-5-13-21-27-28(23-14-6-2-7-15-23)32-34(30(27)36)25-18-10-4-11-19-25/h5,12-13,20-21,23-25,35H,2-4,6-11,14-19H2,1H3/p-1/b13-5?,20-12?,27-21-. The van der Waals surface area contributed by atoms with Gasteiger partial charge in [-0.3, -0.25) is 9.48 Å². The van der Waals surface area contributed by atoms with Crippen LogP contribution < -0.4 is 5.11 Å². The third kappa shape index (κ3) is 5.37. The summed E-state index contributed by atoms with van der Waals surface area (Å²) in [5.41, 5.74) is 3.23. The number of carbonyl (C=O) groups excluding carboxylic acids is 1. The first-order valence-corrected chi connectivity index (χ1v) is 14.4. The average Bonchev–Trinajstić information content (AvgIpc) is 3.40. The van der Waals surface area contributed by atoms with Crippen LogP contribution in [0.1, 0.15) is 114 Å². The Kier molecular flexibility index (Phi) is 8.08. The Morgan fingerprint density at radius 1 is 0.806 bits per heavy atom. The van der Waals surface area contributed by atoms with E-state index >= 15 is 0 Å². The smallest absolute Gasteiger partial charge is 0.276 e. The summed E-state index contributed by atoms with van der Waals surface area (Å²) in [6, 6.07) is 0.490. The minimum absolute atomic E-state index is 0.0169. The molecule has 3 fully saturated rings. The molecule has 4 aliphatic rings. The second-order valence-electron chi connectivity index (χ2n) is 11.1. The molecule has 0 aromatic carbocycles. The van der Waals surface area contributed by atoms with Crippen molar-refractivity contribution in [2.45, 2.75) is 115 Å². The molecule has 1 amide bonds. The number of aromatic nitrogens is 2. The van der Waals surface area contributed by atoms with Gasteiger partial charge in [-0.1, -0.05) is 82.1 Å². The Labute approximate surface area is 215 Å². The summed E-state index contributed by atoms with van der Waals surface area (Å²) in [7, 11) is 0. The normalized spacial score (nSPS) is 24.6. The van der Waals surface area contributed by atoms with E-state index in [2.05, 4.69) is 5.10 Å². The maximum Gasteiger partial charge on any atom is 0.276 e. The fourth-order valence-corrected chi connectivity index (χ4v) is 6.53. The number of hydrazone groups is 1. The van der Waals surface area contributed by atoms with E-state index in [9.17, 15) is 9.90 Å². The van der Waals surface area contributed by atoms with Gasteiger partial charge in [0.05, 0.1) is 29.1 Å². The zero-order chi connectivity index (χ0) is 24.9. The molecule has 36 heavy (non-hydrogen) atoms. The first-order chi connectivity index (χ1) is 17.6. The van der Waals surface area contributed by atoms with E-state index in [4.69, 9.17) is 5.10 Å². The van der Waals surface area contributed by atoms with Gasteiger partial charge in [0.1, 0.15) is 0 Å². The number of aryl methyl sites for hydroxylation is 1. The van der Waals surface area contributed by atoms with E-state index in [1.165, 1.54) is 57.8 Å². The van der Waals surface area contributed by atoms with Gasteiger partial charge >= 0.3 is 0 Å². The van der Waals surface area contributed by atoms with Gasteiger partial charge in [0, 0.05) is 11.5 Å². The summed E-state index contributed by atoms with van der Waals surface area (Å²) < 4.78 is 1.71. The second-order valence-corrected chi connectivity index (χ2v) is 11.1. The highest BCUT2D eigenvalue weighted by Gasteiger charge is 2.38. The molecule has 6 heteroatoms. The summed E-state index contributed by atoms with van der Waals surface area (Å²) in [4.78, 5) is 13.4. The third-order valence-corrected chi connectivity index (χ3v) is 8.60. The molecule has 5 rings (SSSR count). The van der Waals surface area contributed by atoms with Gasteiger partial charge in [-0.05, 0) is 57.4 Å². The van der Waals surface area contributed by atoms with E-state index in [1.54, 1.807) is 4.68 Å².